The molecule has 0 aromatic heterocycles. The first-order valence-electron chi connectivity index (χ1n) is 7.30. The molecule has 1 saturated carbocycles. The summed E-state index contributed by atoms with van der Waals surface area (Å²) >= 11 is 0. The molecule has 4 nitrogen and oxygen atoms in total. The summed E-state index contributed by atoms with van der Waals surface area (Å²) in [6, 6.07) is 0.366. The van der Waals surface area contributed by atoms with Gasteiger partial charge in [0.25, 0.3) is 0 Å². The van der Waals surface area contributed by atoms with Gasteiger partial charge in [0.1, 0.15) is 0 Å². The first-order chi connectivity index (χ1) is 8.62. The maximum absolute atomic E-state index is 11.5. The molecular formula is C14H27N3O. The van der Waals surface area contributed by atoms with E-state index in [2.05, 4.69) is 29.6 Å². The van der Waals surface area contributed by atoms with Crippen molar-refractivity contribution in [3.63, 3.8) is 0 Å². The highest BCUT2D eigenvalue weighted by molar-refractivity contribution is 5.76. The number of carbonyl (C=O) groups excluding carboxylic acids is 1. The topological polar surface area (TPSA) is 44.4 Å². The number of nitrogens with zero attached hydrogens (tertiary/aromatic N) is 1. The Labute approximate surface area is 110 Å². The molecule has 4 heteroatoms. The fraction of sp³-hybridized carbons (Fsp3) is 0.929. The largest absolute Gasteiger partial charge is 0.356 e. The molecule has 2 rings (SSSR count). The van der Waals surface area contributed by atoms with Crippen LogP contribution in [0.5, 0.6) is 0 Å². The molecule has 1 heterocycles. The van der Waals surface area contributed by atoms with Gasteiger partial charge >= 0.3 is 0 Å². The zero-order valence-electron chi connectivity index (χ0n) is 11.8. The highest BCUT2D eigenvalue weighted by Gasteiger charge is 2.36. The second-order valence-electron chi connectivity index (χ2n) is 6.10. The minimum absolute atomic E-state index is 0.204. The van der Waals surface area contributed by atoms with E-state index in [-0.39, 0.29) is 5.91 Å². The van der Waals surface area contributed by atoms with Crippen LogP contribution in [0.1, 0.15) is 44.9 Å². The van der Waals surface area contributed by atoms with Gasteiger partial charge in [-0.15, -0.1) is 0 Å². The van der Waals surface area contributed by atoms with Crippen molar-refractivity contribution in [2.75, 3.05) is 27.2 Å². The van der Waals surface area contributed by atoms with Crippen molar-refractivity contribution in [3.8, 4) is 0 Å². The number of hydrogen-bond acceptors (Lipinski definition) is 3. The van der Waals surface area contributed by atoms with E-state index in [1.165, 1.54) is 25.7 Å². The molecule has 2 fully saturated rings. The summed E-state index contributed by atoms with van der Waals surface area (Å²) in [5.41, 5.74) is 0.322. The van der Waals surface area contributed by atoms with Crippen molar-refractivity contribution in [1.29, 1.82) is 0 Å². The molecule has 0 aromatic carbocycles. The Morgan fingerprint density at radius 2 is 2.06 bits per heavy atom. The van der Waals surface area contributed by atoms with Crippen molar-refractivity contribution >= 4 is 5.91 Å². The summed E-state index contributed by atoms with van der Waals surface area (Å²) in [5, 5.41) is 6.60. The molecule has 18 heavy (non-hydrogen) atoms. The molecule has 1 saturated heterocycles. The second kappa shape index (κ2) is 6.02. The smallest absolute Gasteiger partial charge is 0.221 e. The van der Waals surface area contributed by atoms with Crippen LogP contribution in [0.4, 0.5) is 0 Å². The molecule has 0 spiro atoms. The highest BCUT2D eigenvalue weighted by atomic mass is 16.1. The zero-order valence-corrected chi connectivity index (χ0v) is 11.8. The summed E-state index contributed by atoms with van der Waals surface area (Å²) in [4.78, 5) is 13.9. The molecule has 0 radical (unpaired) electrons. The van der Waals surface area contributed by atoms with E-state index in [0.717, 1.165) is 25.9 Å². The van der Waals surface area contributed by atoms with Gasteiger partial charge in [0, 0.05) is 31.1 Å². The van der Waals surface area contributed by atoms with Gasteiger partial charge < -0.3 is 15.5 Å². The molecule has 0 bridgehead atoms. The Morgan fingerprint density at radius 3 is 2.72 bits per heavy atom. The van der Waals surface area contributed by atoms with Gasteiger partial charge in [-0.2, -0.15) is 0 Å². The fourth-order valence-corrected chi connectivity index (χ4v) is 3.30. The Bertz CT molecular complexity index is 285. The van der Waals surface area contributed by atoms with Gasteiger partial charge in [-0.3, -0.25) is 4.79 Å². The first-order valence-corrected chi connectivity index (χ1v) is 7.30. The summed E-state index contributed by atoms with van der Waals surface area (Å²) < 4.78 is 0. The maximum Gasteiger partial charge on any atom is 0.221 e. The number of carbonyl (C=O) groups is 1. The predicted octanol–water partition coefficient (Wildman–Crippen LogP) is 1.12. The molecule has 1 aliphatic carbocycles. The number of rotatable bonds is 4. The molecular weight excluding hydrogens is 226 g/mol. The van der Waals surface area contributed by atoms with E-state index < -0.39 is 0 Å². The summed E-state index contributed by atoms with van der Waals surface area (Å²) in [7, 11) is 4.37. The number of likely N-dealkylation sites (N-methyl/N-ethyl adjacent to an activating group) is 1. The van der Waals surface area contributed by atoms with Gasteiger partial charge in [0.2, 0.25) is 5.91 Å². The van der Waals surface area contributed by atoms with Gasteiger partial charge in [-0.25, -0.2) is 0 Å². The van der Waals surface area contributed by atoms with Crippen LogP contribution in [0.2, 0.25) is 0 Å². The second-order valence-corrected chi connectivity index (χ2v) is 6.10. The lowest BCUT2D eigenvalue weighted by Crippen LogP contribution is -2.51. The lowest BCUT2D eigenvalue weighted by Gasteiger charge is -2.37. The van der Waals surface area contributed by atoms with E-state index in [1.807, 2.05) is 0 Å². The molecule has 1 atom stereocenters. The first kappa shape index (κ1) is 13.8. The molecule has 104 valence electrons. The van der Waals surface area contributed by atoms with Crippen LogP contribution in [-0.2, 0) is 4.79 Å². The quantitative estimate of drug-likeness (QED) is 0.789. The van der Waals surface area contributed by atoms with Crippen molar-refractivity contribution < 1.29 is 4.79 Å². The summed E-state index contributed by atoms with van der Waals surface area (Å²) in [5.74, 6) is 0.204. The van der Waals surface area contributed by atoms with E-state index in [9.17, 15) is 4.79 Å². The molecule has 1 aliphatic heterocycles. The molecule has 2 N–H and O–H groups in total. The van der Waals surface area contributed by atoms with Crippen LogP contribution >= 0.6 is 0 Å². The number of hydrogen-bond donors (Lipinski definition) is 2. The Kier molecular flexibility index (Phi) is 4.62. The fourth-order valence-electron chi connectivity index (χ4n) is 3.30. The van der Waals surface area contributed by atoms with E-state index >= 15 is 0 Å². The van der Waals surface area contributed by atoms with Crippen LogP contribution in [0.3, 0.4) is 0 Å². The number of amides is 1. The lowest BCUT2D eigenvalue weighted by atomic mass is 9.95. The van der Waals surface area contributed by atoms with E-state index in [0.29, 0.717) is 18.0 Å². The third kappa shape index (κ3) is 3.23. The molecule has 2 aliphatic rings. The van der Waals surface area contributed by atoms with Crippen molar-refractivity contribution in [2.24, 2.45) is 0 Å². The minimum Gasteiger partial charge on any atom is -0.356 e. The van der Waals surface area contributed by atoms with E-state index in [4.69, 9.17) is 0 Å². The molecule has 0 aromatic rings. The van der Waals surface area contributed by atoms with Gasteiger partial charge in [0.05, 0.1) is 0 Å². The highest BCUT2D eigenvalue weighted by Crippen LogP contribution is 2.33. The maximum atomic E-state index is 11.5. The van der Waals surface area contributed by atoms with Crippen LogP contribution in [0.25, 0.3) is 0 Å². The van der Waals surface area contributed by atoms with Crippen molar-refractivity contribution in [2.45, 2.75) is 56.5 Å². The minimum atomic E-state index is 0.204. The zero-order chi connectivity index (χ0) is 13.0. The number of nitrogens with one attached hydrogen (secondary N) is 2. The van der Waals surface area contributed by atoms with Gasteiger partial charge in [0.15, 0.2) is 0 Å². The van der Waals surface area contributed by atoms with Crippen LogP contribution < -0.4 is 10.6 Å². The van der Waals surface area contributed by atoms with Gasteiger partial charge in [-0.1, -0.05) is 12.8 Å². The SMILES string of the molecule is CN(C)C1(CNC2CCCNC(=O)C2)CCCC1. The van der Waals surface area contributed by atoms with Crippen LogP contribution in [0.15, 0.2) is 0 Å². The van der Waals surface area contributed by atoms with Crippen molar-refractivity contribution in [1.82, 2.24) is 15.5 Å². The van der Waals surface area contributed by atoms with Crippen LogP contribution in [0, 0.1) is 0 Å². The summed E-state index contributed by atoms with van der Waals surface area (Å²) in [6.45, 7) is 1.87. The Hall–Kier alpha value is -0.610. The Morgan fingerprint density at radius 1 is 1.33 bits per heavy atom. The van der Waals surface area contributed by atoms with Crippen LogP contribution in [-0.4, -0.2) is 49.6 Å². The lowest BCUT2D eigenvalue weighted by molar-refractivity contribution is -0.121. The normalized spacial score (nSPS) is 28.2. The average Bonchev–Trinajstić information content (AvgIpc) is 2.72. The third-order valence-corrected chi connectivity index (χ3v) is 4.69. The summed E-state index contributed by atoms with van der Waals surface area (Å²) in [6.07, 6.45) is 8.10. The van der Waals surface area contributed by atoms with E-state index in [1.54, 1.807) is 0 Å². The third-order valence-electron chi connectivity index (χ3n) is 4.69. The van der Waals surface area contributed by atoms with Crippen molar-refractivity contribution in [3.05, 3.63) is 0 Å². The monoisotopic (exact) mass is 253 g/mol. The standard InChI is InChI=1S/C14H27N3O/c1-17(2)14(7-3-4-8-14)11-16-12-6-5-9-15-13(18)10-12/h12,16H,3-11H2,1-2H3,(H,15,18). The predicted molar refractivity (Wildman–Crippen MR) is 73.5 cm³/mol. The molecule has 1 amide bonds. The molecule has 1 unspecified atom stereocenters. The Balaban J connectivity index is 1.87. The van der Waals surface area contributed by atoms with Gasteiger partial charge in [-0.05, 0) is 39.8 Å². The average molecular weight is 253 g/mol.